The molecule has 2 aromatic carbocycles. The van der Waals surface area contributed by atoms with Crippen LogP contribution in [-0.4, -0.2) is 34.8 Å². The second-order valence-electron chi connectivity index (χ2n) is 6.44. The number of thioether (sulfide) groups is 1. The molecular formula is C21H19FN2O3S. The van der Waals surface area contributed by atoms with Gasteiger partial charge < -0.3 is 5.32 Å². The van der Waals surface area contributed by atoms with Crippen LogP contribution in [0.3, 0.4) is 0 Å². The molecule has 0 unspecified atom stereocenters. The van der Waals surface area contributed by atoms with E-state index in [2.05, 4.69) is 5.32 Å². The van der Waals surface area contributed by atoms with Gasteiger partial charge in [0.2, 0.25) is 11.8 Å². The number of allylic oxidation sites excluding steroid dienone is 1. The molecule has 0 aromatic heterocycles. The first kappa shape index (κ1) is 19.8. The summed E-state index contributed by atoms with van der Waals surface area (Å²) in [4.78, 5) is 38.3. The zero-order valence-corrected chi connectivity index (χ0v) is 16.3. The van der Waals surface area contributed by atoms with Gasteiger partial charge in [0.05, 0.1) is 10.8 Å². The molecule has 2 aromatic rings. The topological polar surface area (TPSA) is 66.5 Å². The fraction of sp³-hybridized carbons (Fsp3) is 0.190. The number of nitrogens with one attached hydrogen (secondary N) is 1. The minimum atomic E-state index is -0.464. The van der Waals surface area contributed by atoms with Crippen LogP contribution < -0.4 is 5.32 Å². The fourth-order valence-corrected chi connectivity index (χ4v) is 3.69. The predicted molar refractivity (Wildman–Crippen MR) is 108 cm³/mol. The van der Waals surface area contributed by atoms with Gasteiger partial charge in [-0.05, 0) is 37.1 Å². The third kappa shape index (κ3) is 4.48. The molecule has 0 radical (unpaired) electrons. The number of aryl methyl sites for hydroxylation is 2. The van der Waals surface area contributed by atoms with Gasteiger partial charge in [0.1, 0.15) is 12.4 Å². The van der Waals surface area contributed by atoms with Gasteiger partial charge in [0.15, 0.2) is 5.78 Å². The summed E-state index contributed by atoms with van der Waals surface area (Å²) in [5, 5.41) is 3.01. The Bertz CT molecular complexity index is 987. The summed E-state index contributed by atoms with van der Waals surface area (Å²) in [5.74, 6) is -1.19. The fourth-order valence-electron chi connectivity index (χ4n) is 2.75. The molecule has 2 amide bonds. The Hall–Kier alpha value is -2.93. The number of benzene rings is 2. The molecule has 1 aliphatic rings. The summed E-state index contributed by atoms with van der Waals surface area (Å²) in [6.45, 7) is 3.22. The molecule has 0 aliphatic carbocycles. The predicted octanol–water partition coefficient (Wildman–Crippen LogP) is 3.68. The van der Waals surface area contributed by atoms with Gasteiger partial charge in [-0.15, -0.1) is 0 Å². The molecule has 1 heterocycles. The van der Waals surface area contributed by atoms with E-state index in [9.17, 15) is 18.8 Å². The van der Waals surface area contributed by atoms with Crippen LogP contribution in [0.2, 0.25) is 0 Å². The van der Waals surface area contributed by atoms with Crippen molar-refractivity contribution < 1.29 is 18.8 Å². The Morgan fingerprint density at radius 3 is 2.64 bits per heavy atom. The summed E-state index contributed by atoms with van der Waals surface area (Å²) < 4.78 is 13.6. The molecule has 1 N–H and O–H groups in total. The van der Waals surface area contributed by atoms with Gasteiger partial charge in [0.25, 0.3) is 0 Å². The minimum absolute atomic E-state index is 0.166. The molecule has 1 saturated heterocycles. The maximum Gasteiger partial charge on any atom is 0.244 e. The van der Waals surface area contributed by atoms with Crippen molar-refractivity contribution in [1.29, 1.82) is 0 Å². The molecule has 144 valence electrons. The first-order chi connectivity index (χ1) is 13.3. The van der Waals surface area contributed by atoms with Crippen molar-refractivity contribution in [2.75, 3.05) is 17.6 Å². The minimum Gasteiger partial charge on any atom is -0.324 e. The Kier molecular flexibility index (Phi) is 5.94. The third-order valence-electron chi connectivity index (χ3n) is 4.33. The van der Waals surface area contributed by atoms with Crippen molar-refractivity contribution in [3.05, 3.63) is 76.1 Å². The number of rotatable bonds is 5. The van der Waals surface area contributed by atoms with Crippen LogP contribution in [0.1, 0.15) is 21.5 Å². The van der Waals surface area contributed by atoms with Crippen LogP contribution in [-0.2, 0) is 9.59 Å². The highest BCUT2D eigenvalue weighted by Crippen LogP contribution is 2.29. The molecule has 3 rings (SSSR count). The van der Waals surface area contributed by atoms with Crippen molar-refractivity contribution >= 4 is 35.0 Å². The number of hydrogen-bond donors (Lipinski definition) is 1. The second kappa shape index (κ2) is 8.39. The van der Waals surface area contributed by atoms with Crippen LogP contribution in [0.4, 0.5) is 10.1 Å². The number of nitrogens with zero attached hydrogens (tertiary/aromatic N) is 1. The summed E-state index contributed by atoms with van der Waals surface area (Å²) in [5.41, 5.74) is 2.18. The molecule has 28 heavy (non-hydrogen) atoms. The monoisotopic (exact) mass is 398 g/mol. The Labute approximate surface area is 166 Å². The SMILES string of the molecule is Cc1ccc(NC(=O)CN2C(=O)CS/C2=C\C(=O)c2ccccc2C)cc1F. The van der Waals surface area contributed by atoms with E-state index in [-0.39, 0.29) is 24.0 Å². The van der Waals surface area contributed by atoms with Crippen molar-refractivity contribution in [1.82, 2.24) is 4.90 Å². The van der Waals surface area contributed by atoms with Gasteiger partial charge >= 0.3 is 0 Å². The largest absolute Gasteiger partial charge is 0.324 e. The quantitative estimate of drug-likeness (QED) is 0.616. The van der Waals surface area contributed by atoms with Gasteiger partial charge in [-0.1, -0.05) is 42.1 Å². The Morgan fingerprint density at radius 1 is 1.18 bits per heavy atom. The third-order valence-corrected chi connectivity index (χ3v) is 5.36. The molecule has 0 spiro atoms. The van der Waals surface area contributed by atoms with Crippen molar-refractivity contribution in [3.63, 3.8) is 0 Å². The number of ketones is 1. The lowest BCUT2D eigenvalue weighted by atomic mass is 10.1. The number of halogens is 1. The first-order valence-electron chi connectivity index (χ1n) is 8.66. The van der Waals surface area contributed by atoms with E-state index in [1.807, 2.05) is 19.1 Å². The van der Waals surface area contributed by atoms with E-state index < -0.39 is 11.7 Å². The lowest BCUT2D eigenvalue weighted by Gasteiger charge is -2.17. The molecular weight excluding hydrogens is 379 g/mol. The Balaban J connectivity index is 1.73. The number of anilines is 1. The molecule has 1 aliphatic heterocycles. The number of hydrogen-bond acceptors (Lipinski definition) is 4. The maximum atomic E-state index is 13.6. The van der Waals surface area contributed by atoms with Crippen LogP contribution in [0.5, 0.6) is 0 Å². The van der Waals surface area contributed by atoms with E-state index in [1.165, 1.54) is 28.8 Å². The summed E-state index contributed by atoms with van der Waals surface area (Å²) in [7, 11) is 0. The highest BCUT2D eigenvalue weighted by atomic mass is 32.2. The summed E-state index contributed by atoms with van der Waals surface area (Å²) in [6.07, 6.45) is 1.39. The molecule has 7 heteroatoms. The van der Waals surface area contributed by atoms with E-state index in [0.717, 1.165) is 5.56 Å². The van der Waals surface area contributed by atoms with E-state index in [4.69, 9.17) is 0 Å². The number of carbonyl (C=O) groups is 3. The Morgan fingerprint density at radius 2 is 1.93 bits per heavy atom. The molecule has 0 atom stereocenters. The lowest BCUT2D eigenvalue weighted by Crippen LogP contribution is -2.34. The van der Waals surface area contributed by atoms with Gasteiger partial charge in [-0.2, -0.15) is 0 Å². The van der Waals surface area contributed by atoms with Crippen LogP contribution >= 0.6 is 11.8 Å². The highest BCUT2D eigenvalue weighted by molar-refractivity contribution is 8.04. The maximum absolute atomic E-state index is 13.6. The first-order valence-corrected chi connectivity index (χ1v) is 9.64. The smallest absolute Gasteiger partial charge is 0.244 e. The van der Waals surface area contributed by atoms with Crippen molar-refractivity contribution in [2.24, 2.45) is 0 Å². The standard InChI is InChI=1S/C21H19FN2O3S/c1-13-5-3-4-6-16(13)18(25)10-21-24(20(27)12-28-21)11-19(26)23-15-8-7-14(2)17(22)9-15/h3-10H,11-12H2,1-2H3,(H,23,26)/b21-10-. The van der Waals surface area contributed by atoms with Gasteiger partial charge in [-0.25, -0.2) is 4.39 Å². The van der Waals surface area contributed by atoms with E-state index in [1.54, 1.807) is 31.2 Å². The molecule has 5 nitrogen and oxygen atoms in total. The van der Waals surface area contributed by atoms with Crippen LogP contribution in [0, 0.1) is 19.7 Å². The summed E-state index contributed by atoms with van der Waals surface area (Å²) >= 11 is 1.22. The van der Waals surface area contributed by atoms with Gasteiger partial charge in [-0.3, -0.25) is 19.3 Å². The van der Waals surface area contributed by atoms with E-state index >= 15 is 0 Å². The average Bonchev–Trinajstić information content (AvgIpc) is 2.98. The van der Waals surface area contributed by atoms with Gasteiger partial charge in [0, 0.05) is 17.3 Å². The number of amides is 2. The van der Waals surface area contributed by atoms with Crippen LogP contribution in [0.25, 0.3) is 0 Å². The van der Waals surface area contributed by atoms with Crippen LogP contribution in [0.15, 0.2) is 53.6 Å². The average molecular weight is 398 g/mol. The lowest BCUT2D eigenvalue weighted by molar-refractivity contribution is -0.129. The van der Waals surface area contributed by atoms with Crippen molar-refractivity contribution in [3.8, 4) is 0 Å². The number of carbonyl (C=O) groups excluding carboxylic acids is 3. The molecule has 1 fully saturated rings. The normalized spacial score (nSPS) is 15.2. The highest BCUT2D eigenvalue weighted by Gasteiger charge is 2.29. The van der Waals surface area contributed by atoms with E-state index in [0.29, 0.717) is 21.8 Å². The molecule has 0 bridgehead atoms. The summed E-state index contributed by atoms with van der Waals surface area (Å²) in [6, 6.07) is 11.6. The zero-order valence-electron chi connectivity index (χ0n) is 15.5. The van der Waals surface area contributed by atoms with Crippen molar-refractivity contribution in [2.45, 2.75) is 13.8 Å². The molecule has 0 saturated carbocycles. The zero-order chi connectivity index (χ0) is 20.3. The second-order valence-corrected chi connectivity index (χ2v) is 7.44.